The van der Waals surface area contributed by atoms with E-state index in [0.717, 1.165) is 49.4 Å². The van der Waals surface area contributed by atoms with Crippen LogP contribution in [0.3, 0.4) is 0 Å². The molecule has 2 aliphatic carbocycles. The van der Waals surface area contributed by atoms with Gasteiger partial charge >= 0.3 is 5.97 Å². The molecule has 0 aliphatic heterocycles. The fraction of sp³-hybridized carbons (Fsp3) is 0.524. The third kappa shape index (κ3) is 3.48. The van der Waals surface area contributed by atoms with Crippen molar-refractivity contribution in [2.75, 3.05) is 6.61 Å². The van der Waals surface area contributed by atoms with Gasteiger partial charge in [0.15, 0.2) is 6.61 Å². The second kappa shape index (κ2) is 7.14. The first-order valence-electron chi connectivity index (χ1n) is 9.70. The van der Waals surface area contributed by atoms with Crippen LogP contribution in [-0.4, -0.2) is 29.5 Å². The summed E-state index contributed by atoms with van der Waals surface area (Å²) in [4.78, 5) is 27.8. The highest BCUT2D eigenvalue weighted by Crippen LogP contribution is 2.32. The SMILES string of the molecule is CC1CCc2[nH]c3ccc(C(=O)OCC(=O)NC4CCCC4)cc3c2C1. The minimum atomic E-state index is -0.438. The number of carbonyl (C=O) groups is 2. The molecule has 138 valence electrons. The fourth-order valence-electron chi connectivity index (χ4n) is 4.27. The van der Waals surface area contributed by atoms with Crippen molar-refractivity contribution in [3.05, 3.63) is 35.0 Å². The van der Waals surface area contributed by atoms with E-state index in [1.54, 1.807) is 6.07 Å². The predicted molar refractivity (Wildman–Crippen MR) is 100 cm³/mol. The maximum atomic E-state index is 12.4. The number of hydrogen-bond donors (Lipinski definition) is 2. The van der Waals surface area contributed by atoms with Gasteiger partial charge < -0.3 is 15.0 Å². The van der Waals surface area contributed by atoms with Crippen molar-refractivity contribution < 1.29 is 14.3 Å². The van der Waals surface area contributed by atoms with Gasteiger partial charge in [-0.05, 0) is 61.8 Å². The highest BCUT2D eigenvalue weighted by atomic mass is 16.5. The molecule has 2 aromatic rings. The minimum Gasteiger partial charge on any atom is -0.452 e. The number of nitrogens with one attached hydrogen (secondary N) is 2. The summed E-state index contributed by atoms with van der Waals surface area (Å²) in [5.74, 6) is 0.0165. The highest BCUT2D eigenvalue weighted by Gasteiger charge is 2.21. The zero-order chi connectivity index (χ0) is 18.1. The Morgan fingerprint density at radius 1 is 1.23 bits per heavy atom. The Kier molecular flexibility index (Phi) is 4.70. The van der Waals surface area contributed by atoms with Crippen LogP contribution in [0.2, 0.25) is 0 Å². The van der Waals surface area contributed by atoms with Gasteiger partial charge in [-0.2, -0.15) is 0 Å². The van der Waals surface area contributed by atoms with Crippen LogP contribution < -0.4 is 5.32 Å². The summed E-state index contributed by atoms with van der Waals surface area (Å²) in [6.07, 6.45) is 7.66. The van der Waals surface area contributed by atoms with Gasteiger partial charge in [0.2, 0.25) is 0 Å². The van der Waals surface area contributed by atoms with Crippen molar-refractivity contribution in [1.82, 2.24) is 10.3 Å². The number of ether oxygens (including phenoxy) is 1. The molecule has 1 atom stereocenters. The number of benzene rings is 1. The zero-order valence-electron chi connectivity index (χ0n) is 15.3. The third-order valence-electron chi connectivity index (χ3n) is 5.72. The van der Waals surface area contributed by atoms with Gasteiger partial charge in [0.25, 0.3) is 5.91 Å². The lowest BCUT2D eigenvalue weighted by Gasteiger charge is -2.18. The molecule has 1 aromatic heterocycles. The molecule has 5 nitrogen and oxygen atoms in total. The number of aromatic nitrogens is 1. The Morgan fingerprint density at radius 3 is 2.85 bits per heavy atom. The van der Waals surface area contributed by atoms with Crippen LogP contribution in [-0.2, 0) is 22.4 Å². The van der Waals surface area contributed by atoms with E-state index in [4.69, 9.17) is 4.74 Å². The Bertz CT molecular complexity index is 833. The molecule has 26 heavy (non-hydrogen) atoms. The van der Waals surface area contributed by atoms with Crippen LogP contribution in [0.4, 0.5) is 0 Å². The lowest BCUT2D eigenvalue weighted by atomic mass is 9.87. The zero-order valence-corrected chi connectivity index (χ0v) is 15.3. The Hall–Kier alpha value is -2.30. The van der Waals surface area contributed by atoms with Gasteiger partial charge in [0.1, 0.15) is 0 Å². The van der Waals surface area contributed by atoms with E-state index in [-0.39, 0.29) is 18.6 Å². The smallest absolute Gasteiger partial charge is 0.338 e. The standard InChI is InChI=1S/C21H26N2O3/c1-13-6-8-18-16(10-13)17-11-14(7-9-19(17)23-18)21(25)26-12-20(24)22-15-4-2-3-5-15/h7,9,11,13,15,23H,2-6,8,10,12H2,1H3,(H,22,24). The number of amides is 1. The van der Waals surface area contributed by atoms with E-state index in [1.807, 2.05) is 12.1 Å². The molecule has 1 amide bonds. The van der Waals surface area contributed by atoms with Crippen LogP contribution in [0.5, 0.6) is 0 Å². The number of fused-ring (bicyclic) bond motifs is 3. The number of aryl methyl sites for hydroxylation is 1. The van der Waals surface area contributed by atoms with Crippen molar-refractivity contribution >= 4 is 22.8 Å². The lowest BCUT2D eigenvalue weighted by Crippen LogP contribution is -2.35. The number of carbonyl (C=O) groups excluding carboxylic acids is 2. The van der Waals surface area contributed by atoms with Crippen molar-refractivity contribution in [2.24, 2.45) is 5.92 Å². The predicted octanol–water partition coefficient (Wildman–Crippen LogP) is 3.51. The molecule has 2 aliphatic rings. The third-order valence-corrected chi connectivity index (χ3v) is 5.72. The first-order chi connectivity index (χ1) is 12.6. The Morgan fingerprint density at radius 2 is 2.04 bits per heavy atom. The topological polar surface area (TPSA) is 71.2 Å². The van der Waals surface area contributed by atoms with Gasteiger partial charge in [0.05, 0.1) is 5.56 Å². The molecule has 1 saturated carbocycles. The summed E-state index contributed by atoms with van der Waals surface area (Å²) in [6, 6.07) is 5.85. The molecular formula is C21H26N2O3. The number of esters is 1. The molecule has 5 heteroatoms. The summed E-state index contributed by atoms with van der Waals surface area (Å²) >= 11 is 0. The summed E-state index contributed by atoms with van der Waals surface area (Å²) in [6.45, 7) is 2.05. The second-order valence-corrected chi connectivity index (χ2v) is 7.82. The van der Waals surface area contributed by atoms with Crippen molar-refractivity contribution in [2.45, 2.75) is 57.9 Å². The molecule has 4 rings (SSSR count). The number of aromatic amines is 1. The average Bonchev–Trinajstić information content (AvgIpc) is 3.26. The summed E-state index contributed by atoms with van der Waals surface area (Å²) in [5, 5.41) is 4.04. The summed E-state index contributed by atoms with van der Waals surface area (Å²) in [7, 11) is 0. The first-order valence-corrected chi connectivity index (χ1v) is 9.70. The second-order valence-electron chi connectivity index (χ2n) is 7.82. The maximum Gasteiger partial charge on any atom is 0.338 e. The monoisotopic (exact) mass is 354 g/mol. The average molecular weight is 354 g/mol. The largest absolute Gasteiger partial charge is 0.452 e. The van der Waals surface area contributed by atoms with Gasteiger partial charge in [-0.3, -0.25) is 4.79 Å². The van der Waals surface area contributed by atoms with Crippen LogP contribution in [0.1, 0.15) is 60.6 Å². The number of hydrogen-bond acceptors (Lipinski definition) is 3. The highest BCUT2D eigenvalue weighted by molar-refractivity contribution is 5.97. The van der Waals surface area contributed by atoms with Gasteiger partial charge in [-0.25, -0.2) is 4.79 Å². The van der Waals surface area contributed by atoms with Gasteiger partial charge in [-0.15, -0.1) is 0 Å². The maximum absolute atomic E-state index is 12.4. The molecular weight excluding hydrogens is 328 g/mol. The molecule has 0 spiro atoms. The van der Waals surface area contributed by atoms with Crippen molar-refractivity contribution in [1.29, 1.82) is 0 Å². The molecule has 1 aromatic carbocycles. The summed E-state index contributed by atoms with van der Waals surface area (Å²) in [5.41, 5.74) is 4.19. The molecule has 0 bridgehead atoms. The fourth-order valence-corrected chi connectivity index (χ4v) is 4.27. The Balaban J connectivity index is 1.43. The number of rotatable bonds is 4. The lowest BCUT2D eigenvalue weighted by molar-refractivity contribution is -0.124. The molecule has 2 N–H and O–H groups in total. The van der Waals surface area contributed by atoms with Crippen molar-refractivity contribution in [3.8, 4) is 0 Å². The molecule has 1 unspecified atom stereocenters. The van der Waals surface area contributed by atoms with Crippen LogP contribution in [0, 0.1) is 5.92 Å². The van der Waals surface area contributed by atoms with Crippen LogP contribution in [0.25, 0.3) is 10.9 Å². The molecule has 1 heterocycles. The minimum absolute atomic E-state index is 0.209. The van der Waals surface area contributed by atoms with Gasteiger partial charge in [0, 0.05) is 22.6 Å². The van der Waals surface area contributed by atoms with E-state index in [1.165, 1.54) is 17.7 Å². The summed E-state index contributed by atoms with van der Waals surface area (Å²) < 4.78 is 5.23. The first kappa shape index (κ1) is 17.1. The van der Waals surface area contributed by atoms with E-state index in [2.05, 4.69) is 17.2 Å². The Labute approximate surface area is 153 Å². The van der Waals surface area contributed by atoms with E-state index >= 15 is 0 Å². The quantitative estimate of drug-likeness (QED) is 0.826. The number of H-pyrrole nitrogens is 1. The van der Waals surface area contributed by atoms with E-state index in [0.29, 0.717) is 11.5 Å². The molecule has 0 saturated heterocycles. The normalized spacial score (nSPS) is 20.1. The van der Waals surface area contributed by atoms with E-state index in [9.17, 15) is 9.59 Å². The van der Waals surface area contributed by atoms with E-state index < -0.39 is 5.97 Å². The van der Waals surface area contributed by atoms with Crippen molar-refractivity contribution in [3.63, 3.8) is 0 Å². The van der Waals surface area contributed by atoms with Crippen LogP contribution >= 0.6 is 0 Å². The van der Waals surface area contributed by atoms with Gasteiger partial charge in [-0.1, -0.05) is 19.8 Å². The molecule has 0 radical (unpaired) electrons. The van der Waals surface area contributed by atoms with Crippen LogP contribution in [0.15, 0.2) is 18.2 Å². The molecule has 1 fully saturated rings.